The zero-order valence-electron chi connectivity index (χ0n) is 9.25. The van der Waals surface area contributed by atoms with Gasteiger partial charge in [-0.15, -0.1) is 0 Å². The SMILES string of the molecule is COc1nc(-c2ccccc2)ccc1C(=O)O. The fourth-order valence-corrected chi connectivity index (χ4v) is 1.53. The van der Waals surface area contributed by atoms with Gasteiger partial charge in [-0.1, -0.05) is 30.3 Å². The molecule has 1 aromatic heterocycles. The Kier molecular flexibility index (Phi) is 3.05. The molecule has 0 unspecified atom stereocenters. The smallest absolute Gasteiger partial charge is 0.341 e. The van der Waals surface area contributed by atoms with E-state index in [0.717, 1.165) is 5.56 Å². The first kappa shape index (κ1) is 11.1. The monoisotopic (exact) mass is 229 g/mol. The van der Waals surface area contributed by atoms with Gasteiger partial charge >= 0.3 is 5.97 Å². The van der Waals surface area contributed by atoms with E-state index in [-0.39, 0.29) is 11.4 Å². The van der Waals surface area contributed by atoms with Crippen molar-refractivity contribution >= 4 is 5.97 Å². The number of benzene rings is 1. The average molecular weight is 229 g/mol. The van der Waals surface area contributed by atoms with Crippen LogP contribution in [0.4, 0.5) is 0 Å². The predicted molar refractivity (Wildman–Crippen MR) is 63.2 cm³/mol. The fraction of sp³-hybridized carbons (Fsp3) is 0.0769. The number of carboxylic acids is 1. The third-order valence-electron chi connectivity index (χ3n) is 2.35. The molecule has 17 heavy (non-hydrogen) atoms. The molecule has 0 fully saturated rings. The van der Waals surface area contributed by atoms with Crippen LogP contribution in [0.25, 0.3) is 11.3 Å². The normalized spacial score (nSPS) is 9.94. The molecule has 4 heteroatoms. The van der Waals surface area contributed by atoms with E-state index < -0.39 is 5.97 Å². The highest BCUT2D eigenvalue weighted by Gasteiger charge is 2.13. The molecule has 0 radical (unpaired) electrons. The summed E-state index contributed by atoms with van der Waals surface area (Å²) in [5.41, 5.74) is 1.67. The summed E-state index contributed by atoms with van der Waals surface area (Å²) in [6, 6.07) is 12.7. The van der Waals surface area contributed by atoms with Crippen molar-refractivity contribution in [2.45, 2.75) is 0 Å². The number of aromatic carboxylic acids is 1. The Balaban J connectivity index is 2.49. The second-order valence-electron chi connectivity index (χ2n) is 3.42. The maximum Gasteiger partial charge on any atom is 0.341 e. The van der Waals surface area contributed by atoms with Crippen molar-refractivity contribution in [1.82, 2.24) is 4.98 Å². The van der Waals surface area contributed by atoms with Crippen molar-refractivity contribution in [1.29, 1.82) is 0 Å². The van der Waals surface area contributed by atoms with Crippen LogP contribution in [0.15, 0.2) is 42.5 Å². The van der Waals surface area contributed by atoms with Crippen LogP contribution in [-0.4, -0.2) is 23.2 Å². The van der Waals surface area contributed by atoms with Crippen LogP contribution >= 0.6 is 0 Å². The predicted octanol–water partition coefficient (Wildman–Crippen LogP) is 2.46. The highest BCUT2D eigenvalue weighted by molar-refractivity contribution is 5.90. The number of nitrogens with zero attached hydrogens (tertiary/aromatic N) is 1. The number of methoxy groups -OCH3 is 1. The largest absolute Gasteiger partial charge is 0.480 e. The van der Waals surface area contributed by atoms with Crippen LogP contribution in [0.5, 0.6) is 5.88 Å². The lowest BCUT2D eigenvalue weighted by Crippen LogP contribution is -2.02. The van der Waals surface area contributed by atoms with E-state index in [1.807, 2.05) is 30.3 Å². The Morgan fingerprint density at radius 2 is 1.88 bits per heavy atom. The topological polar surface area (TPSA) is 59.4 Å². The van der Waals surface area contributed by atoms with Crippen molar-refractivity contribution in [3.8, 4) is 17.1 Å². The summed E-state index contributed by atoms with van der Waals surface area (Å²) in [6.07, 6.45) is 0. The van der Waals surface area contributed by atoms with Gasteiger partial charge in [-0.25, -0.2) is 9.78 Å². The van der Waals surface area contributed by atoms with Gasteiger partial charge in [-0.2, -0.15) is 0 Å². The number of pyridine rings is 1. The lowest BCUT2D eigenvalue weighted by molar-refractivity contribution is 0.0692. The average Bonchev–Trinajstić information content (AvgIpc) is 2.39. The van der Waals surface area contributed by atoms with Crippen LogP contribution in [0.1, 0.15) is 10.4 Å². The molecule has 86 valence electrons. The molecular weight excluding hydrogens is 218 g/mol. The van der Waals surface area contributed by atoms with Gasteiger partial charge in [0.05, 0.1) is 12.8 Å². The molecule has 0 atom stereocenters. The molecule has 0 aliphatic carbocycles. The van der Waals surface area contributed by atoms with Gasteiger partial charge in [0.15, 0.2) is 0 Å². The van der Waals surface area contributed by atoms with Gasteiger partial charge in [0.2, 0.25) is 5.88 Å². The summed E-state index contributed by atoms with van der Waals surface area (Å²) in [7, 11) is 1.41. The molecule has 1 aromatic carbocycles. The maximum absolute atomic E-state index is 10.9. The highest BCUT2D eigenvalue weighted by atomic mass is 16.5. The molecule has 1 N–H and O–H groups in total. The summed E-state index contributed by atoms with van der Waals surface area (Å²) in [5.74, 6) is -0.923. The third kappa shape index (κ3) is 2.25. The van der Waals surface area contributed by atoms with Gasteiger partial charge in [0.25, 0.3) is 0 Å². The molecule has 4 nitrogen and oxygen atoms in total. The zero-order valence-corrected chi connectivity index (χ0v) is 9.25. The Hall–Kier alpha value is -2.36. The van der Waals surface area contributed by atoms with Gasteiger partial charge in [-0.05, 0) is 12.1 Å². The van der Waals surface area contributed by atoms with Gasteiger partial charge < -0.3 is 9.84 Å². The van der Waals surface area contributed by atoms with Crippen molar-refractivity contribution in [2.75, 3.05) is 7.11 Å². The summed E-state index contributed by atoms with van der Waals surface area (Å²) < 4.78 is 4.98. The van der Waals surface area contributed by atoms with Gasteiger partial charge in [-0.3, -0.25) is 0 Å². The molecular formula is C13H11NO3. The minimum Gasteiger partial charge on any atom is -0.480 e. The molecule has 2 rings (SSSR count). The number of carboxylic acid groups (broad SMARTS) is 1. The molecule has 0 aliphatic rings. The van der Waals surface area contributed by atoms with Crippen LogP contribution < -0.4 is 4.74 Å². The van der Waals surface area contributed by atoms with Crippen molar-refractivity contribution in [3.63, 3.8) is 0 Å². The van der Waals surface area contributed by atoms with Gasteiger partial charge in [0, 0.05) is 5.56 Å². The van der Waals surface area contributed by atoms with E-state index in [1.165, 1.54) is 13.2 Å². The van der Waals surface area contributed by atoms with E-state index >= 15 is 0 Å². The van der Waals surface area contributed by atoms with Crippen molar-refractivity contribution < 1.29 is 14.6 Å². The zero-order chi connectivity index (χ0) is 12.3. The standard InChI is InChI=1S/C13H11NO3/c1-17-12-10(13(15)16)7-8-11(14-12)9-5-3-2-4-6-9/h2-8H,1H3,(H,15,16). The lowest BCUT2D eigenvalue weighted by Gasteiger charge is -2.06. The Morgan fingerprint density at radius 3 is 2.47 bits per heavy atom. The Morgan fingerprint density at radius 1 is 1.18 bits per heavy atom. The Bertz CT molecular complexity index is 538. The van der Waals surface area contributed by atoms with E-state index in [2.05, 4.69) is 4.98 Å². The summed E-state index contributed by atoms with van der Waals surface area (Å²) in [4.78, 5) is 15.1. The van der Waals surface area contributed by atoms with Crippen LogP contribution in [-0.2, 0) is 0 Å². The summed E-state index contributed by atoms with van der Waals surface area (Å²) >= 11 is 0. The molecule has 0 amide bonds. The minimum atomic E-state index is -1.05. The number of carbonyl (C=O) groups is 1. The van der Waals surface area contributed by atoms with E-state index in [0.29, 0.717) is 5.69 Å². The fourth-order valence-electron chi connectivity index (χ4n) is 1.53. The first-order valence-corrected chi connectivity index (χ1v) is 5.06. The molecule has 0 saturated heterocycles. The number of aromatic nitrogens is 1. The maximum atomic E-state index is 10.9. The molecule has 1 heterocycles. The lowest BCUT2D eigenvalue weighted by atomic mass is 10.1. The number of hydrogen-bond donors (Lipinski definition) is 1. The third-order valence-corrected chi connectivity index (χ3v) is 2.35. The first-order valence-electron chi connectivity index (χ1n) is 5.06. The first-order chi connectivity index (χ1) is 8.22. The quantitative estimate of drug-likeness (QED) is 0.878. The van der Waals surface area contributed by atoms with Crippen LogP contribution in [0, 0.1) is 0 Å². The highest BCUT2D eigenvalue weighted by Crippen LogP contribution is 2.22. The number of ether oxygens (including phenoxy) is 1. The number of hydrogen-bond acceptors (Lipinski definition) is 3. The molecule has 0 spiro atoms. The van der Waals surface area contributed by atoms with E-state index in [1.54, 1.807) is 6.07 Å². The molecule has 0 saturated carbocycles. The van der Waals surface area contributed by atoms with E-state index in [4.69, 9.17) is 9.84 Å². The summed E-state index contributed by atoms with van der Waals surface area (Å²) in [6.45, 7) is 0. The van der Waals surface area contributed by atoms with Crippen LogP contribution in [0.3, 0.4) is 0 Å². The second-order valence-corrected chi connectivity index (χ2v) is 3.42. The molecule has 0 aliphatic heterocycles. The van der Waals surface area contributed by atoms with Crippen molar-refractivity contribution in [2.24, 2.45) is 0 Å². The van der Waals surface area contributed by atoms with Gasteiger partial charge in [0.1, 0.15) is 5.56 Å². The summed E-state index contributed by atoms with van der Waals surface area (Å²) in [5, 5.41) is 8.94. The van der Waals surface area contributed by atoms with Crippen molar-refractivity contribution in [3.05, 3.63) is 48.0 Å². The second kappa shape index (κ2) is 4.65. The van der Waals surface area contributed by atoms with E-state index in [9.17, 15) is 4.79 Å². The van der Waals surface area contributed by atoms with Crippen LogP contribution in [0.2, 0.25) is 0 Å². The minimum absolute atomic E-state index is 0.0622. The molecule has 2 aromatic rings. The Labute approximate surface area is 98.5 Å². The number of rotatable bonds is 3. The molecule has 0 bridgehead atoms.